The lowest BCUT2D eigenvalue weighted by Crippen LogP contribution is -2.38. The third-order valence-electron chi connectivity index (χ3n) is 4.82. The highest BCUT2D eigenvalue weighted by atomic mass is 16.5. The molecule has 0 atom stereocenters. The van der Waals surface area contributed by atoms with Crippen LogP contribution in [0.3, 0.4) is 0 Å². The Kier molecular flexibility index (Phi) is 6.28. The number of amides is 2. The van der Waals surface area contributed by atoms with E-state index in [2.05, 4.69) is 15.5 Å². The smallest absolute Gasteiger partial charge is 0.233 e. The van der Waals surface area contributed by atoms with Gasteiger partial charge in [-0.1, -0.05) is 31.4 Å². The number of anilines is 2. The Morgan fingerprint density at radius 3 is 2.52 bits per heavy atom. The highest BCUT2D eigenvalue weighted by Crippen LogP contribution is 2.26. The molecule has 1 aliphatic heterocycles. The Hall–Kier alpha value is -2.08. The zero-order valence-electron chi connectivity index (χ0n) is 14.6. The SMILES string of the molecule is O=C(CC(=O)NC1CCCCC1)Nc1ccccc1N1CCOCC1. The third kappa shape index (κ3) is 5.19. The number of nitrogens with one attached hydrogen (secondary N) is 2. The summed E-state index contributed by atoms with van der Waals surface area (Å²) < 4.78 is 5.39. The first kappa shape index (κ1) is 17.7. The first-order valence-corrected chi connectivity index (χ1v) is 9.23. The molecular formula is C19H27N3O3. The minimum absolute atomic E-state index is 0.131. The fourth-order valence-corrected chi connectivity index (χ4v) is 3.53. The second-order valence-electron chi connectivity index (χ2n) is 6.74. The summed E-state index contributed by atoms with van der Waals surface area (Å²) in [6, 6.07) is 7.94. The number of carbonyl (C=O) groups excluding carboxylic acids is 2. The van der Waals surface area contributed by atoms with Crippen molar-refractivity contribution in [2.45, 2.75) is 44.6 Å². The second-order valence-corrected chi connectivity index (χ2v) is 6.74. The summed E-state index contributed by atoms with van der Waals surface area (Å²) in [5, 5.41) is 5.88. The van der Waals surface area contributed by atoms with Crippen LogP contribution in [-0.4, -0.2) is 44.2 Å². The van der Waals surface area contributed by atoms with E-state index in [0.29, 0.717) is 13.2 Å². The molecule has 2 aliphatic rings. The molecule has 0 bridgehead atoms. The predicted octanol–water partition coefficient (Wildman–Crippen LogP) is 2.30. The average Bonchev–Trinajstić information content (AvgIpc) is 2.63. The van der Waals surface area contributed by atoms with Crippen LogP contribution in [0.25, 0.3) is 0 Å². The highest BCUT2D eigenvalue weighted by Gasteiger charge is 2.19. The van der Waals surface area contributed by atoms with Gasteiger partial charge in [0.2, 0.25) is 11.8 Å². The molecule has 0 radical (unpaired) electrons. The van der Waals surface area contributed by atoms with Crippen molar-refractivity contribution in [2.75, 3.05) is 36.5 Å². The number of benzene rings is 1. The minimum atomic E-state index is -0.269. The molecule has 2 amide bonds. The van der Waals surface area contributed by atoms with Crippen LogP contribution in [0.4, 0.5) is 11.4 Å². The average molecular weight is 345 g/mol. The summed E-state index contributed by atoms with van der Waals surface area (Å²) >= 11 is 0. The molecule has 136 valence electrons. The minimum Gasteiger partial charge on any atom is -0.378 e. The van der Waals surface area contributed by atoms with Crippen LogP contribution in [0.2, 0.25) is 0 Å². The molecule has 1 aromatic rings. The molecule has 1 heterocycles. The van der Waals surface area contributed by atoms with Crippen LogP contribution < -0.4 is 15.5 Å². The first-order valence-electron chi connectivity index (χ1n) is 9.23. The van der Waals surface area contributed by atoms with Gasteiger partial charge in [0.25, 0.3) is 0 Å². The zero-order chi connectivity index (χ0) is 17.5. The molecule has 1 aliphatic carbocycles. The Morgan fingerprint density at radius 2 is 1.76 bits per heavy atom. The molecule has 1 aromatic carbocycles. The number of rotatable bonds is 5. The quantitative estimate of drug-likeness (QED) is 0.804. The number of para-hydroxylation sites is 2. The van der Waals surface area contributed by atoms with Crippen LogP contribution >= 0.6 is 0 Å². The van der Waals surface area contributed by atoms with E-state index >= 15 is 0 Å². The van der Waals surface area contributed by atoms with Gasteiger partial charge in [-0.05, 0) is 25.0 Å². The Bertz CT molecular complexity index is 593. The lowest BCUT2D eigenvalue weighted by molar-refractivity contribution is -0.127. The van der Waals surface area contributed by atoms with Gasteiger partial charge in [-0.25, -0.2) is 0 Å². The summed E-state index contributed by atoms with van der Waals surface area (Å²) in [5.41, 5.74) is 1.73. The second kappa shape index (κ2) is 8.85. The van der Waals surface area contributed by atoms with Crippen molar-refractivity contribution in [1.82, 2.24) is 5.32 Å². The van der Waals surface area contributed by atoms with E-state index in [1.54, 1.807) is 0 Å². The van der Waals surface area contributed by atoms with Gasteiger partial charge in [-0.15, -0.1) is 0 Å². The van der Waals surface area contributed by atoms with Gasteiger partial charge in [0.1, 0.15) is 6.42 Å². The van der Waals surface area contributed by atoms with E-state index in [1.165, 1.54) is 6.42 Å². The lowest BCUT2D eigenvalue weighted by atomic mass is 9.95. The van der Waals surface area contributed by atoms with Crippen molar-refractivity contribution in [3.63, 3.8) is 0 Å². The van der Waals surface area contributed by atoms with E-state index < -0.39 is 0 Å². The van der Waals surface area contributed by atoms with Crippen molar-refractivity contribution in [1.29, 1.82) is 0 Å². The molecule has 0 spiro atoms. The number of morpholine rings is 1. The number of nitrogens with zero attached hydrogens (tertiary/aromatic N) is 1. The largest absolute Gasteiger partial charge is 0.378 e. The highest BCUT2D eigenvalue weighted by molar-refractivity contribution is 6.05. The number of carbonyl (C=O) groups is 2. The maximum atomic E-state index is 12.3. The van der Waals surface area contributed by atoms with Gasteiger partial charge < -0.3 is 20.3 Å². The summed E-state index contributed by atoms with van der Waals surface area (Å²) in [7, 11) is 0. The molecule has 3 rings (SSSR count). The van der Waals surface area contributed by atoms with Crippen molar-refractivity contribution in [2.24, 2.45) is 0 Å². The van der Waals surface area contributed by atoms with E-state index in [4.69, 9.17) is 4.74 Å². The van der Waals surface area contributed by atoms with Crippen LogP contribution in [0.1, 0.15) is 38.5 Å². The zero-order valence-corrected chi connectivity index (χ0v) is 14.6. The van der Waals surface area contributed by atoms with Crippen molar-refractivity contribution < 1.29 is 14.3 Å². The molecule has 2 fully saturated rings. The van der Waals surface area contributed by atoms with Gasteiger partial charge in [-0.3, -0.25) is 9.59 Å². The fraction of sp³-hybridized carbons (Fsp3) is 0.579. The Labute approximate surface area is 148 Å². The third-order valence-corrected chi connectivity index (χ3v) is 4.82. The van der Waals surface area contributed by atoms with Gasteiger partial charge >= 0.3 is 0 Å². The van der Waals surface area contributed by atoms with Crippen LogP contribution in [0.5, 0.6) is 0 Å². The molecule has 0 aromatic heterocycles. The van der Waals surface area contributed by atoms with Crippen molar-refractivity contribution in [3.05, 3.63) is 24.3 Å². The molecule has 6 heteroatoms. The topological polar surface area (TPSA) is 70.7 Å². The number of hydrogen-bond donors (Lipinski definition) is 2. The van der Waals surface area contributed by atoms with Crippen LogP contribution in [0.15, 0.2) is 24.3 Å². The summed E-state index contributed by atoms with van der Waals surface area (Å²) in [5.74, 6) is -0.456. The van der Waals surface area contributed by atoms with Crippen molar-refractivity contribution in [3.8, 4) is 0 Å². The van der Waals surface area contributed by atoms with Gasteiger partial charge in [-0.2, -0.15) is 0 Å². The van der Waals surface area contributed by atoms with E-state index in [9.17, 15) is 9.59 Å². The maximum absolute atomic E-state index is 12.3. The van der Waals surface area contributed by atoms with Gasteiger partial charge in [0, 0.05) is 19.1 Å². The summed E-state index contributed by atoms with van der Waals surface area (Å²) in [4.78, 5) is 26.6. The molecule has 6 nitrogen and oxygen atoms in total. The summed E-state index contributed by atoms with van der Waals surface area (Å²) in [6.45, 7) is 2.97. The maximum Gasteiger partial charge on any atom is 0.233 e. The van der Waals surface area contributed by atoms with Crippen LogP contribution in [0, 0.1) is 0 Å². The van der Waals surface area contributed by atoms with Gasteiger partial charge in [0.05, 0.1) is 24.6 Å². The Balaban J connectivity index is 1.54. The fourth-order valence-electron chi connectivity index (χ4n) is 3.53. The van der Waals surface area contributed by atoms with Crippen LogP contribution in [-0.2, 0) is 14.3 Å². The molecule has 1 saturated heterocycles. The standard InChI is InChI=1S/C19H27N3O3/c23-18(20-15-6-2-1-3-7-15)14-19(24)21-16-8-4-5-9-17(16)22-10-12-25-13-11-22/h4-5,8-9,15H,1-3,6-7,10-14H2,(H,20,23)(H,21,24). The first-order chi connectivity index (χ1) is 12.2. The van der Waals surface area contributed by atoms with Gasteiger partial charge in [0.15, 0.2) is 0 Å². The van der Waals surface area contributed by atoms with E-state index in [0.717, 1.165) is 50.1 Å². The molecule has 25 heavy (non-hydrogen) atoms. The molecule has 0 unspecified atom stereocenters. The lowest BCUT2D eigenvalue weighted by Gasteiger charge is -2.30. The van der Waals surface area contributed by atoms with E-state index in [1.807, 2.05) is 24.3 Å². The Morgan fingerprint density at radius 1 is 1.04 bits per heavy atom. The molecule has 1 saturated carbocycles. The molecular weight excluding hydrogens is 318 g/mol. The predicted molar refractivity (Wildman–Crippen MR) is 97.7 cm³/mol. The number of hydrogen-bond acceptors (Lipinski definition) is 4. The van der Waals surface area contributed by atoms with E-state index in [-0.39, 0.29) is 24.3 Å². The normalized spacial score (nSPS) is 18.6. The number of ether oxygens (including phenoxy) is 1. The summed E-state index contributed by atoms with van der Waals surface area (Å²) in [6.07, 6.45) is 5.47. The monoisotopic (exact) mass is 345 g/mol. The van der Waals surface area contributed by atoms with Crippen molar-refractivity contribution >= 4 is 23.2 Å². The molecule has 2 N–H and O–H groups in total.